The highest BCUT2D eigenvalue weighted by Crippen LogP contribution is 2.20. The molecule has 106 valence electrons. The number of carbonyl (C=O) groups excluding carboxylic acids is 2. The van der Waals surface area contributed by atoms with Crippen molar-refractivity contribution in [3.63, 3.8) is 0 Å². The summed E-state index contributed by atoms with van der Waals surface area (Å²) in [5.74, 6) is 0.420. The van der Waals surface area contributed by atoms with Gasteiger partial charge in [-0.05, 0) is 25.1 Å². The van der Waals surface area contributed by atoms with Crippen LogP contribution in [0.1, 0.15) is 22.8 Å². The third-order valence-electron chi connectivity index (χ3n) is 2.50. The second kappa shape index (κ2) is 8.50. The monoisotopic (exact) mass is 286 g/mol. The molecule has 1 rings (SSSR count). The number of hydrogen-bond donors (Lipinski definition) is 2. The number of nitrogens with two attached hydrogens (primary N) is 1. The Morgan fingerprint density at radius 2 is 2.05 bits per heavy atom. The molecular formula is C13H19ClN2O3. The van der Waals surface area contributed by atoms with Crippen molar-refractivity contribution in [2.24, 2.45) is 5.73 Å². The molecule has 1 amide bonds. The van der Waals surface area contributed by atoms with Gasteiger partial charge in [-0.15, -0.1) is 12.4 Å². The molecule has 0 aliphatic carbocycles. The molecule has 19 heavy (non-hydrogen) atoms. The van der Waals surface area contributed by atoms with Crippen molar-refractivity contribution in [3.05, 3.63) is 29.3 Å². The van der Waals surface area contributed by atoms with E-state index in [0.717, 1.165) is 0 Å². The largest absolute Gasteiger partial charge is 0.496 e. The summed E-state index contributed by atoms with van der Waals surface area (Å²) in [4.78, 5) is 22.9. The first-order valence-corrected chi connectivity index (χ1v) is 5.73. The lowest BCUT2D eigenvalue weighted by atomic mass is 10.0. The molecule has 3 N–H and O–H groups in total. The van der Waals surface area contributed by atoms with E-state index in [9.17, 15) is 9.59 Å². The molecule has 0 unspecified atom stereocenters. The molecule has 0 atom stereocenters. The Morgan fingerprint density at radius 3 is 2.58 bits per heavy atom. The minimum Gasteiger partial charge on any atom is -0.496 e. The molecule has 5 nitrogen and oxygen atoms in total. The van der Waals surface area contributed by atoms with Gasteiger partial charge in [-0.2, -0.15) is 0 Å². The summed E-state index contributed by atoms with van der Waals surface area (Å²) in [6.07, 6.45) is 0.171. The fourth-order valence-electron chi connectivity index (χ4n) is 1.58. The van der Waals surface area contributed by atoms with E-state index in [-0.39, 0.29) is 30.5 Å². The Labute approximate surface area is 118 Å². The molecule has 1 aromatic carbocycles. The number of amides is 1. The lowest BCUT2D eigenvalue weighted by molar-refractivity contribution is -0.120. The number of ether oxygens (including phenoxy) is 1. The van der Waals surface area contributed by atoms with Gasteiger partial charge in [-0.25, -0.2) is 0 Å². The maximum Gasteiger partial charge on any atom is 0.224 e. The van der Waals surface area contributed by atoms with Crippen LogP contribution >= 0.6 is 12.4 Å². The quantitative estimate of drug-likeness (QED) is 0.763. The lowest BCUT2D eigenvalue weighted by Gasteiger charge is -2.10. The summed E-state index contributed by atoms with van der Waals surface area (Å²) in [6, 6.07) is 5.06. The highest BCUT2D eigenvalue weighted by molar-refractivity contribution is 5.94. The van der Waals surface area contributed by atoms with Gasteiger partial charge >= 0.3 is 0 Å². The third-order valence-corrected chi connectivity index (χ3v) is 2.50. The molecule has 0 bridgehead atoms. The van der Waals surface area contributed by atoms with Crippen molar-refractivity contribution in [2.75, 3.05) is 20.2 Å². The topological polar surface area (TPSA) is 81.4 Å². The first kappa shape index (κ1) is 17.4. The van der Waals surface area contributed by atoms with E-state index < -0.39 is 0 Å². The Bertz CT molecular complexity index is 450. The van der Waals surface area contributed by atoms with Crippen molar-refractivity contribution < 1.29 is 14.3 Å². The zero-order chi connectivity index (χ0) is 13.5. The lowest BCUT2D eigenvalue weighted by Crippen LogP contribution is -2.30. The molecule has 1 aromatic rings. The van der Waals surface area contributed by atoms with E-state index in [1.54, 1.807) is 18.2 Å². The van der Waals surface area contributed by atoms with Crippen LogP contribution in [0.5, 0.6) is 5.75 Å². The van der Waals surface area contributed by atoms with Gasteiger partial charge < -0.3 is 15.8 Å². The third kappa shape index (κ3) is 5.28. The molecule has 0 spiro atoms. The van der Waals surface area contributed by atoms with Crippen molar-refractivity contribution in [2.45, 2.75) is 13.3 Å². The number of benzene rings is 1. The van der Waals surface area contributed by atoms with Gasteiger partial charge in [0.05, 0.1) is 13.5 Å². The average Bonchev–Trinajstić information content (AvgIpc) is 2.36. The smallest absolute Gasteiger partial charge is 0.224 e. The van der Waals surface area contributed by atoms with Crippen LogP contribution < -0.4 is 15.8 Å². The predicted molar refractivity (Wildman–Crippen MR) is 76.0 cm³/mol. The Morgan fingerprint density at radius 1 is 1.37 bits per heavy atom. The van der Waals surface area contributed by atoms with Crippen LogP contribution in [0.15, 0.2) is 18.2 Å². The van der Waals surface area contributed by atoms with Gasteiger partial charge in [0.25, 0.3) is 0 Å². The van der Waals surface area contributed by atoms with E-state index in [1.807, 2.05) is 0 Å². The van der Waals surface area contributed by atoms with Gasteiger partial charge in [-0.1, -0.05) is 0 Å². The molecule has 0 heterocycles. The van der Waals surface area contributed by atoms with Gasteiger partial charge in [-0.3, -0.25) is 9.59 Å². The fraction of sp³-hybridized carbons (Fsp3) is 0.385. The number of rotatable bonds is 6. The molecule has 0 saturated heterocycles. The minimum absolute atomic E-state index is 0. The summed E-state index contributed by atoms with van der Waals surface area (Å²) < 4.78 is 5.17. The Balaban J connectivity index is 0.00000324. The maximum absolute atomic E-state index is 11.6. The molecule has 0 radical (unpaired) electrons. The predicted octanol–water partition coefficient (Wildman–Crippen LogP) is 0.937. The molecule has 0 fully saturated rings. The zero-order valence-corrected chi connectivity index (χ0v) is 11.9. The number of halogens is 1. The number of nitrogens with one attached hydrogen (secondary N) is 1. The minimum atomic E-state index is -0.139. The molecule has 0 aromatic heterocycles. The number of hydrogen-bond acceptors (Lipinski definition) is 4. The van der Waals surface area contributed by atoms with E-state index in [2.05, 4.69) is 5.32 Å². The second-order valence-electron chi connectivity index (χ2n) is 3.90. The van der Waals surface area contributed by atoms with Crippen LogP contribution in [0.4, 0.5) is 0 Å². The first-order chi connectivity index (χ1) is 8.58. The Kier molecular flexibility index (Phi) is 7.79. The molecule has 0 saturated carbocycles. The standard InChI is InChI=1S/C13H18N2O3.ClH/c1-9(16)10-3-4-12(18-2)11(7-10)8-13(17)15-6-5-14;/h3-4,7H,5-6,8,14H2,1-2H3,(H,15,17);1H. The second-order valence-corrected chi connectivity index (χ2v) is 3.90. The summed E-state index contributed by atoms with van der Waals surface area (Å²) in [7, 11) is 1.53. The van der Waals surface area contributed by atoms with Gasteiger partial charge in [0, 0.05) is 24.2 Å². The Hall–Kier alpha value is -1.59. The number of ketones is 1. The van der Waals surface area contributed by atoms with Crippen LogP contribution in [0.25, 0.3) is 0 Å². The normalized spacial score (nSPS) is 9.42. The molecule has 0 aliphatic heterocycles. The van der Waals surface area contributed by atoms with Crippen LogP contribution in [-0.2, 0) is 11.2 Å². The number of Topliss-reactive ketones (excluding diaryl/α,β-unsaturated/α-hetero) is 1. The molecular weight excluding hydrogens is 268 g/mol. The summed E-state index contributed by atoms with van der Waals surface area (Å²) in [5, 5.41) is 2.68. The van der Waals surface area contributed by atoms with E-state index in [4.69, 9.17) is 10.5 Å². The summed E-state index contributed by atoms with van der Waals surface area (Å²) in [6.45, 7) is 2.32. The highest BCUT2D eigenvalue weighted by Gasteiger charge is 2.10. The van der Waals surface area contributed by atoms with Crippen molar-refractivity contribution in [1.82, 2.24) is 5.32 Å². The number of methoxy groups -OCH3 is 1. The van der Waals surface area contributed by atoms with E-state index >= 15 is 0 Å². The molecule has 0 aliphatic rings. The average molecular weight is 287 g/mol. The SMILES string of the molecule is COc1ccc(C(C)=O)cc1CC(=O)NCCN.Cl. The molecule has 6 heteroatoms. The van der Waals surface area contributed by atoms with Crippen molar-refractivity contribution in [3.8, 4) is 5.75 Å². The number of carbonyl (C=O) groups is 2. The summed E-state index contributed by atoms with van der Waals surface area (Å²) >= 11 is 0. The zero-order valence-electron chi connectivity index (χ0n) is 11.1. The van der Waals surface area contributed by atoms with Crippen molar-refractivity contribution in [1.29, 1.82) is 0 Å². The highest BCUT2D eigenvalue weighted by atomic mass is 35.5. The fourth-order valence-corrected chi connectivity index (χ4v) is 1.58. The van der Waals surface area contributed by atoms with Crippen LogP contribution in [0.2, 0.25) is 0 Å². The van der Waals surface area contributed by atoms with Gasteiger partial charge in [0.2, 0.25) is 5.91 Å². The van der Waals surface area contributed by atoms with Gasteiger partial charge in [0.15, 0.2) is 5.78 Å². The van der Waals surface area contributed by atoms with Gasteiger partial charge in [0.1, 0.15) is 5.75 Å². The first-order valence-electron chi connectivity index (χ1n) is 5.73. The van der Waals surface area contributed by atoms with Crippen LogP contribution in [0, 0.1) is 0 Å². The van der Waals surface area contributed by atoms with E-state index in [0.29, 0.717) is 30.0 Å². The summed E-state index contributed by atoms with van der Waals surface area (Å²) in [5.41, 5.74) is 6.57. The maximum atomic E-state index is 11.6. The van der Waals surface area contributed by atoms with Crippen molar-refractivity contribution >= 4 is 24.1 Å². The van der Waals surface area contributed by atoms with Crippen LogP contribution in [0.3, 0.4) is 0 Å². The van der Waals surface area contributed by atoms with E-state index in [1.165, 1.54) is 14.0 Å². The van der Waals surface area contributed by atoms with Crippen LogP contribution in [-0.4, -0.2) is 31.9 Å².